The molecule has 1 N–H and O–H groups in total. The van der Waals surface area contributed by atoms with Crippen LogP contribution in [0, 0.1) is 6.92 Å². The van der Waals surface area contributed by atoms with Crippen LogP contribution in [-0.2, 0) is 16.0 Å². The Morgan fingerprint density at radius 3 is 2.65 bits per heavy atom. The summed E-state index contributed by atoms with van der Waals surface area (Å²) in [5.41, 5.74) is 3.38. The molecule has 2 saturated heterocycles. The van der Waals surface area contributed by atoms with E-state index in [9.17, 15) is 4.79 Å². The molecule has 0 saturated carbocycles. The van der Waals surface area contributed by atoms with Gasteiger partial charge in [-0.1, -0.05) is 18.2 Å². The molecule has 3 heterocycles. The van der Waals surface area contributed by atoms with E-state index in [0.717, 1.165) is 42.5 Å². The lowest BCUT2D eigenvalue weighted by Crippen LogP contribution is -2.49. The molecule has 2 aromatic rings. The summed E-state index contributed by atoms with van der Waals surface area (Å²) in [4.78, 5) is 18.6. The number of rotatable bonds is 3. The number of para-hydroxylation sites is 1. The van der Waals surface area contributed by atoms with Crippen LogP contribution < -0.4 is 0 Å². The number of amides is 1. The van der Waals surface area contributed by atoms with E-state index in [1.165, 1.54) is 5.39 Å². The lowest BCUT2D eigenvalue weighted by Gasteiger charge is -2.38. The smallest absolute Gasteiger partial charge is 0.227 e. The van der Waals surface area contributed by atoms with Gasteiger partial charge in [0.15, 0.2) is 0 Å². The van der Waals surface area contributed by atoms with Crippen molar-refractivity contribution in [2.45, 2.75) is 57.2 Å². The Labute approximate surface area is 136 Å². The Kier molecular flexibility index (Phi) is 3.64. The van der Waals surface area contributed by atoms with Gasteiger partial charge in [0.2, 0.25) is 5.91 Å². The summed E-state index contributed by atoms with van der Waals surface area (Å²) in [7, 11) is 1.79. The highest BCUT2D eigenvalue weighted by Crippen LogP contribution is 2.37. The molecule has 2 fully saturated rings. The van der Waals surface area contributed by atoms with Crippen molar-refractivity contribution >= 4 is 16.8 Å². The zero-order valence-electron chi connectivity index (χ0n) is 13.8. The van der Waals surface area contributed by atoms with Crippen molar-refractivity contribution in [3.63, 3.8) is 0 Å². The van der Waals surface area contributed by atoms with E-state index in [-0.39, 0.29) is 5.91 Å². The summed E-state index contributed by atoms with van der Waals surface area (Å²) in [6.45, 7) is 2.06. The van der Waals surface area contributed by atoms with Crippen LogP contribution in [0.15, 0.2) is 24.3 Å². The third-order valence-corrected chi connectivity index (χ3v) is 5.67. The van der Waals surface area contributed by atoms with E-state index in [2.05, 4.69) is 28.9 Å². The number of H-pyrrole nitrogens is 1. The fraction of sp³-hybridized carbons (Fsp3) is 0.526. The Bertz CT molecular complexity index is 722. The Hall–Kier alpha value is -1.81. The maximum absolute atomic E-state index is 13.0. The fourth-order valence-corrected chi connectivity index (χ4v) is 4.53. The van der Waals surface area contributed by atoms with Gasteiger partial charge in [-0.05, 0) is 44.2 Å². The minimum absolute atomic E-state index is 0.278. The van der Waals surface area contributed by atoms with Crippen molar-refractivity contribution in [1.29, 1.82) is 0 Å². The van der Waals surface area contributed by atoms with Crippen LogP contribution in [0.2, 0.25) is 0 Å². The molecule has 23 heavy (non-hydrogen) atoms. The maximum Gasteiger partial charge on any atom is 0.227 e. The number of methoxy groups -OCH3 is 1. The standard InChI is InChI=1S/C19H24N2O2/c1-12-17(16-5-3-4-6-18(16)20-12)11-19(22)21-13-7-8-14(21)10-15(9-13)23-2/h3-6,13-15,20H,7-11H2,1-2H3/t13-,14+,15?. The summed E-state index contributed by atoms with van der Waals surface area (Å²) in [5.74, 6) is 0.278. The molecule has 0 spiro atoms. The third-order valence-electron chi connectivity index (χ3n) is 5.67. The van der Waals surface area contributed by atoms with E-state index in [1.54, 1.807) is 7.11 Å². The predicted molar refractivity (Wildman–Crippen MR) is 90.4 cm³/mol. The van der Waals surface area contributed by atoms with Gasteiger partial charge in [0.1, 0.15) is 0 Å². The minimum atomic E-state index is 0.278. The highest BCUT2D eigenvalue weighted by molar-refractivity contribution is 5.90. The van der Waals surface area contributed by atoms with Crippen LogP contribution in [0.25, 0.3) is 10.9 Å². The summed E-state index contributed by atoms with van der Waals surface area (Å²) in [6, 6.07) is 8.99. The van der Waals surface area contributed by atoms with Gasteiger partial charge in [0.05, 0.1) is 12.5 Å². The third kappa shape index (κ3) is 2.45. The van der Waals surface area contributed by atoms with Crippen LogP contribution in [0.1, 0.15) is 36.9 Å². The Balaban J connectivity index is 1.57. The zero-order chi connectivity index (χ0) is 16.0. The zero-order valence-corrected chi connectivity index (χ0v) is 13.8. The average molecular weight is 312 g/mol. The Morgan fingerprint density at radius 2 is 1.96 bits per heavy atom. The first-order chi connectivity index (χ1) is 11.2. The van der Waals surface area contributed by atoms with Crippen molar-refractivity contribution in [2.24, 2.45) is 0 Å². The number of carbonyl (C=O) groups is 1. The molecule has 0 aliphatic carbocycles. The first kappa shape index (κ1) is 14.8. The maximum atomic E-state index is 13.0. The van der Waals surface area contributed by atoms with Crippen molar-refractivity contribution in [1.82, 2.24) is 9.88 Å². The molecule has 1 amide bonds. The van der Waals surface area contributed by atoms with Gasteiger partial charge in [-0.25, -0.2) is 0 Å². The first-order valence-electron chi connectivity index (χ1n) is 8.57. The summed E-state index contributed by atoms with van der Waals surface area (Å²) in [5, 5.41) is 1.18. The molecule has 1 aromatic carbocycles. The second kappa shape index (κ2) is 5.68. The number of aromatic amines is 1. The first-order valence-corrected chi connectivity index (χ1v) is 8.57. The lowest BCUT2D eigenvalue weighted by atomic mass is 9.98. The van der Waals surface area contributed by atoms with Gasteiger partial charge in [0, 0.05) is 35.8 Å². The highest BCUT2D eigenvalue weighted by atomic mass is 16.5. The summed E-state index contributed by atoms with van der Waals surface area (Å²) in [6.07, 6.45) is 5.07. The van der Waals surface area contributed by atoms with Gasteiger partial charge >= 0.3 is 0 Å². The van der Waals surface area contributed by atoms with Gasteiger partial charge in [-0.2, -0.15) is 0 Å². The number of fused-ring (bicyclic) bond motifs is 3. The number of benzene rings is 1. The second-order valence-electron chi connectivity index (χ2n) is 6.97. The molecule has 4 nitrogen and oxygen atoms in total. The van der Waals surface area contributed by atoms with Crippen molar-refractivity contribution < 1.29 is 9.53 Å². The molecule has 0 radical (unpaired) electrons. The van der Waals surface area contributed by atoms with E-state index >= 15 is 0 Å². The van der Waals surface area contributed by atoms with E-state index < -0.39 is 0 Å². The number of aryl methyl sites for hydroxylation is 1. The molecular weight excluding hydrogens is 288 g/mol. The quantitative estimate of drug-likeness (QED) is 0.946. The van der Waals surface area contributed by atoms with Crippen LogP contribution in [0.5, 0.6) is 0 Å². The number of piperidine rings is 1. The highest BCUT2D eigenvalue weighted by Gasteiger charge is 2.43. The lowest BCUT2D eigenvalue weighted by molar-refractivity contribution is -0.137. The minimum Gasteiger partial charge on any atom is -0.381 e. The molecule has 4 rings (SSSR count). The molecule has 3 atom stereocenters. The number of nitrogens with one attached hydrogen (secondary N) is 1. The van der Waals surface area contributed by atoms with E-state index in [1.807, 2.05) is 12.1 Å². The topological polar surface area (TPSA) is 45.3 Å². The Morgan fingerprint density at radius 1 is 1.26 bits per heavy atom. The van der Waals surface area contributed by atoms with Crippen molar-refractivity contribution in [3.05, 3.63) is 35.5 Å². The van der Waals surface area contributed by atoms with Gasteiger partial charge in [-0.15, -0.1) is 0 Å². The fourth-order valence-electron chi connectivity index (χ4n) is 4.53. The van der Waals surface area contributed by atoms with Gasteiger partial charge in [0.25, 0.3) is 0 Å². The average Bonchev–Trinajstić information content (AvgIpc) is 3.01. The molecule has 2 bridgehead atoms. The second-order valence-corrected chi connectivity index (χ2v) is 6.97. The predicted octanol–water partition coefficient (Wildman–Crippen LogP) is 3.19. The number of carbonyl (C=O) groups excluding carboxylic acids is 1. The van der Waals surface area contributed by atoms with Crippen LogP contribution in [0.3, 0.4) is 0 Å². The number of ether oxygens (including phenoxy) is 1. The number of nitrogens with zero attached hydrogens (tertiary/aromatic N) is 1. The van der Waals surface area contributed by atoms with Crippen LogP contribution >= 0.6 is 0 Å². The van der Waals surface area contributed by atoms with Crippen LogP contribution in [0.4, 0.5) is 0 Å². The molecule has 2 aliphatic heterocycles. The number of hydrogen-bond acceptors (Lipinski definition) is 2. The van der Waals surface area contributed by atoms with Crippen molar-refractivity contribution in [3.8, 4) is 0 Å². The van der Waals surface area contributed by atoms with Gasteiger partial charge < -0.3 is 14.6 Å². The summed E-state index contributed by atoms with van der Waals surface area (Å²) >= 11 is 0. The normalized spacial score (nSPS) is 26.9. The number of aromatic nitrogens is 1. The molecular formula is C19H24N2O2. The molecule has 1 unspecified atom stereocenters. The van der Waals surface area contributed by atoms with E-state index in [0.29, 0.717) is 24.6 Å². The monoisotopic (exact) mass is 312 g/mol. The molecule has 1 aromatic heterocycles. The molecule has 122 valence electrons. The molecule has 2 aliphatic rings. The SMILES string of the molecule is COC1C[C@H]2CC[C@@H](C1)N2C(=O)Cc1c(C)[nH]c2ccccc12. The largest absolute Gasteiger partial charge is 0.381 e. The van der Waals surface area contributed by atoms with Gasteiger partial charge in [-0.3, -0.25) is 4.79 Å². The van der Waals surface area contributed by atoms with Crippen molar-refractivity contribution in [2.75, 3.05) is 7.11 Å². The van der Waals surface area contributed by atoms with E-state index in [4.69, 9.17) is 4.74 Å². The number of hydrogen-bond donors (Lipinski definition) is 1. The summed E-state index contributed by atoms with van der Waals surface area (Å²) < 4.78 is 5.54. The van der Waals surface area contributed by atoms with Crippen LogP contribution in [-0.4, -0.2) is 41.1 Å². The molecule has 4 heteroatoms.